The van der Waals surface area contributed by atoms with E-state index in [1.54, 1.807) is 18.5 Å². The zero-order valence-electron chi connectivity index (χ0n) is 9.88. The minimum atomic E-state index is 0.274. The summed E-state index contributed by atoms with van der Waals surface area (Å²) in [7, 11) is 0. The summed E-state index contributed by atoms with van der Waals surface area (Å²) in [4.78, 5) is 4.31. The topological polar surface area (TPSA) is 67.6 Å². The van der Waals surface area contributed by atoms with Crippen LogP contribution >= 0.6 is 0 Å². The van der Waals surface area contributed by atoms with Crippen LogP contribution < -0.4 is 5.73 Å². The molecule has 0 aliphatic rings. The van der Waals surface area contributed by atoms with Crippen molar-refractivity contribution in [1.82, 2.24) is 9.55 Å². The molecular weight excluding hydrogens is 212 g/mol. The predicted octanol–water partition coefficient (Wildman–Crippen LogP) is 2.58. The Hall–Kier alpha value is -2.28. The highest BCUT2D eigenvalue weighted by molar-refractivity contribution is 5.71. The van der Waals surface area contributed by atoms with Gasteiger partial charge in [0.2, 0.25) is 0 Å². The van der Waals surface area contributed by atoms with E-state index < -0.39 is 0 Å². The molecule has 1 aromatic carbocycles. The van der Waals surface area contributed by atoms with E-state index in [9.17, 15) is 0 Å². The Morgan fingerprint density at radius 1 is 1.41 bits per heavy atom. The summed E-state index contributed by atoms with van der Waals surface area (Å²) in [6.07, 6.45) is 1.73. The average molecular weight is 226 g/mol. The van der Waals surface area contributed by atoms with Crippen molar-refractivity contribution >= 4 is 5.82 Å². The van der Waals surface area contributed by atoms with Crippen LogP contribution in [0.4, 0.5) is 5.82 Å². The van der Waals surface area contributed by atoms with Crippen molar-refractivity contribution in [2.24, 2.45) is 0 Å². The summed E-state index contributed by atoms with van der Waals surface area (Å²) < 4.78 is 1.91. The molecule has 0 fully saturated rings. The molecule has 0 amide bonds. The summed E-state index contributed by atoms with van der Waals surface area (Å²) >= 11 is 0. The number of aromatic nitrogens is 2. The lowest BCUT2D eigenvalue weighted by atomic mass is 10.1. The quantitative estimate of drug-likeness (QED) is 0.855. The Labute approximate surface area is 100 Å². The molecule has 0 radical (unpaired) electrons. The molecule has 4 nitrogen and oxygen atoms in total. The molecule has 2 rings (SSSR count). The maximum Gasteiger partial charge on any atom is 0.131 e. The number of imidazole rings is 1. The number of rotatable bonds is 2. The third-order valence-electron chi connectivity index (χ3n) is 2.65. The first-order valence-electron chi connectivity index (χ1n) is 5.46. The van der Waals surface area contributed by atoms with Gasteiger partial charge in [0.1, 0.15) is 11.5 Å². The van der Waals surface area contributed by atoms with E-state index in [0.29, 0.717) is 11.4 Å². The highest BCUT2D eigenvalue weighted by Gasteiger charge is 2.11. The van der Waals surface area contributed by atoms with E-state index in [-0.39, 0.29) is 6.04 Å². The van der Waals surface area contributed by atoms with Gasteiger partial charge in [-0.2, -0.15) is 5.26 Å². The second kappa shape index (κ2) is 4.30. The maximum atomic E-state index is 8.86. The van der Waals surface area contributed by atoms with Crippen molar-refractivity contribution in [2.45, 2.75) is 19.9 Å². The number of nitriles is 1. The Bertz CT molecular complexity index is 575. The molecule has 0 saturated heterocycles. The molecule has 2 N–H and O–H groups in total. The van der Waals surface area contributed by atoms with Crippen molar-refractivity contribution in [1.29, 1.82) is 5.26 Å². The van der Waals surface area contributed by atoms with E-state index in [1.165, 1.54) is 0 Å². The Morgan fingerprint density at radius 3 is 2.76 bits per heavy atom. The number of hydrogen-bond donors (Lipinski definition) is 1. The van der Waals surface area contributed by atoms with Gasteiger partial charge in [0, 0.05) is 11.6 Å². The van der Waals surface area contributed by atoms with Gasteiger partial charge in [0.05, 0.1) is 18.0 Å². The lowest BCUT2D eigenvalue weighted by Gasteiger charge is -2.09. The summed E-state index contributed by atoms with van der Waals surface area (Å²) in [5.74, 6) is 0.634. The van der Waals surface area contributed by atoms with Crippen LogP contribution in [0.5, 0.6) is 0 Å². The predicted molar refractivity (Wildman–Crippen MR) is 67.2 cm³/mol. The molecule has 4 heteroatoms. The van der Waals surface area contributed by atoms with Gasteiger partial charge < -0.3 is 10.3 Å². The van der Waals surface area contributed by atoms with Crippen molar-refractivity contribution in [3.63, 3.8) is 0 Å². The molecule has 17 heavy (non-hydrogen) atoms. The summed E-state index contributed by atoms with van der Waals surface area (Å²) in [5.41, 5.74) is 8.27. The normalized spacial score (nSPS) is 10.5. The van der Waals surface area contributed by atoms with Crippen LogP contribution in [0.25, 0.3) is 11.3 Å². The lowest BCUT2D eigenvalue weighted by Crippen LogP contribution is -2.04. The second-order valence-electron chi connectivity index (χ2n) is 4.17. The molecule has 1 aromatic heterocycles. The number of nitrogens with zero attached hydrogens (tertiary/aromatic N) is 3. The fraction of sp³-hybridized carbons (Fsp3) is 0.231. The molecule has 0 bridgehead atoms. The van der Waals surface area contributed by atoms with Gasteiger partial charge in [-0.1, -0.05) is 12.1 Å². The van der Waals surface area contributed by atoms with Crippen molar-refractivity contribution in [3.8, 4) is 17.3 Å². The van der Waals surface area contributed by atoms with E-state index in [0.717, 1.165) is 11.3 Å². The molecule has 0 saturated carbocycles. The van der Waals surface area contributed by atoms with Crippen LogP contribution in [0.3, 0.4) is 0 Å². The Balaban J connectivity index is 2.50. The highest BCUT2D eigenvalue weighted by atomic mass is 15.1. The third-order valence-corrected chi connectivity index (χ3v) is 2.65. The number of nitrogens with two attached hydrogens (primary N) is 1. The number of hydrogen-bond acceptors (Lipinski definition) is 3. The van der Waals surface area contributed by atoms with Crippen molar-refractivity contribution < 1.29 is 0 Å². The minimum Gasteiger partial charge on any atom is -0.383 e. The average Bonchev–Trinajstić information content (AvgIpc) is 2.71. The van der Waals surface area contributed by atoms with Gasteiger partial charge in [-0.15, -0.1) is 0 Å². The van der Waals surface area contributed by atoms with Crippen molar-refractivity contribution in [2.75, 3.05) is 5.73 Å². The van der Waals surface area contributed by atoms with Crippen LogP contribution in [-0.2, 0) is 0 Å². The number of nitrogen functional groups attached to an aromatic ring is 1. The van der Waals surface area contributed by atoms with Gasteiger partial charge in [0.15, 0.2) is 0 Å². The fourth-order valence-electron chi connectivity index (χ4n) is 1.74. The van der Waals surface area contributed by atoms with Crippen molar-refractivity contribution in [3.05, 3.63) is 36.2 Å². The molecule has 1 heterocycles. The summed E-state index contributed by atoms with van der Waals surface area (Å²) in [5, 5.41) is 8.86. The van der Waals surface area contributed by atoms with Gasteiger partial charge in [-0.3, -0.25) is 0 Å². The van der Waals surface area contributed by atoms with Crippen LogP contribution in [0.2, 0.25) is 0 Å². The Kier molecular flexibility index (Phi) is 2.84. The van der Waals surface area contributed by atoms with E-state index in [1.807, 2.05) is 30.5 Å². The SMILES string of the molecule is CC(C)n1cnc(-c2cccc(C#N)c2)c1N. The van der Waals surface area contributed by atoms with E-state index in [2.05, 4.69) is 11.1 Å². The smallest absolute Gasteiger partial charge is 0.131 e. The van der Waals surface area contributed by atoms with Crippen LogP contribution in [0.1, 0.15) is 25.5 Å². The molecule has 0 aliphatic carbocycles. The fourth-order valence-corrected chi connectivity index (χ4v) is 1.74. The third kappa shape index (κ3) is 2.00. The molecule has 2 aromatic rings. The molecule has 0 aliphatic heterocycles. The van der Waals surface area contributed by atoms with Crippen LogP contribution in [0.15, 0.2) is 30.6 Å². The molecular formula is C13H14N4. The van der Waals surface area contributed by atoms with Gasteiger partial charge in [-0.25, -0.2) is 4.98 Å². The van der Waals surface area contributed by atoms with E-state index >= 15 is 0 Å². The van der Waals surface area contributed by atoms with Gasteiger partial charge >= 0.3 is 0 Å². The first-order valence-corrected chi connectivity index (χ1v) is 5.46. The minimum absolute atomic E-state index is 0.274. The standard InChI is InChI=1S/C13H14N4/c1-9(2)17-8-16-12(13(17)15)11-5-3-4-10(6-11)7-14/h3-6,8-9H,15H2,1-2H3. The van der Waals surface area contributed by atoms with Gasteiger partial charge in [0.25, 0.3) is 0 Å². The summed E-state index contributed by atoms with van der Waals surface area (Å²) in [6.45, 7) is 4.10. The lowest BCUT2D eigenvalue weighted by molar-refractivity contribution is 0.607. The number of benzene rings is 1. The zero-order valence-corrected chi connectivity index (χ0v) is 9.88. The Morgan fingerprint density at radius 2 is 2.18 bits per heavy atom. The molecule has 0 spiro atoms. The maximum absolute atomic E-state index is 8.86. The first kappa shape index (κ1) is 11.2. The van der Waals surface area contributed by atoms with Crippen LogP contribution in [0, 0.1) is 11.3 Å². The first-order chi connectivity index (χ1) is 8.13. The van der Waals surface area contributed by atoms with E-state index in [4.69, 9.17) is 11.0 Å². The molecule has 86 valence electrons. The summed E-state index contributed by atoms with van der Waals surface area (Å²) in [6, 6.07) is 9.68. The molecule has 0 atom stereocenters. The number of anilines is 1. The second-order valence-corrected chi connectivity index (χ2v) is 4.17. The largest absolute Gasteiger partial charge is 0.383 e. The van der Waals surface area contributed by atoms with Crippen LogP contribution in [-0.4, -0.2) is 9.55 Å². The highest BCUT2D eigenvalue weighted by Crippen LogP contribution is 2.26. The van der Waals surface area contributed by atoms with Gasteiger partial charge in [-0.05, 0) is 26.0 Å². The monoisotopic (exact) mass is 226 g/mol. The molecule has 0 unspecified atom stereocenters. The zero-order chi connectivity index (χ0) is 12.4.